The van der Waals surface area contributed by atoms with Crippen LogP contribution >= 0.6 is 11.6 Å². The van der Waals surface area contributed by atoms with Crippen molar-refractivity contribution < 1.29 is 17.9 Å². The van der Waals surface area contributed by atoms with E-state index >= 15 is 0 Å². The van der Waals surface area contributed by atoms with E-state index in [1.165, 1.54) is 4.31 Å². The number of carbonyl (C=O) groups is 1. The number of para-hydroxylation sites is 1. The zero-order valence-corrected chi connectivity index (χ0v) is 20.4. The average molecular weight is 479 g/mol. The van der Waals surface area contributed by atoms with Gasteiger partial charge in [0.2, 0.25) is 15.9 Å². The van der Waals surface area contributed by atoms with Crippen molar-refractivity contribution in [2.45, 2.75) is 57.6 Å². The van der Waals surface area contributed by atoms with Gasteiger partial charge in [-0.3, -0.25) is 9.10 Å². The standard InChI is InChI=1S/C24H31ClN2O4S/c1-4-24(5-2)17-21(20-12-6-7-13-22(20)31-24)26-23(28)14-9-15-27(32(3,29)30)19-11-8-10-18(25)16-19/h6-8,10-13,16,21H,4-5,9,14-15,17H2,1-3H3,(H,26,28). The number of anilines is 1. The van der Waals surface area contributed by atoms with Crippen LogP contribution in [0.4, 0.5) is 5.69 Å². The number of rotatable bonds is 9. The molecule has 1 heterocycles. The molecule has 1 unspecified atom stereocenters. The Kier molecular flexibility index (Phi) is 7.72. The fraction of sp³-hybridized carbons (Fsp3) is 0.458. The van der Waals surface area contributed by atoms with Crippen LogP contribution in [0.2, 0.25) is 5.02 Å². The monoisotopic (exact) mass is 478 g/mol. The molecule has 1 amide bonds. The van der Waals surface area contributed by atoms with Gasteiger partial charge in [0.1, 0.15) is 11.4 Å². The van der Waals surface area contributed by atoms with E-state index in [1.54, 1.807) is 24.3 Å². The third-order valence-corrected chi connectivity index (χ3v) is 7.51. The number of amides is 1. The van der Waals surface area contributed by atoms with E-state index < -0.39 is 10.0 Å². The zero-order chi connectivity index (χ0) is 23.4. The van der Waals surface area contributed by atoms with Crippen molar-refractivity contribution in [1.82, 2.24) is 5.32 Å². The maximum absolute atomic E-state index is 12.8. The minimum absolute atomic E-state index is 0.104. The van der Waals surface area contributed by atoms with Crippen molar-refractivity contribution in [3.63, 3.8) is 0 Å². The average Bonchev–Trinajstić information content (AvgIpc) is 2.75. The maximum Gasteiger partial charge on any atom is 0.232 e. The molecule has 0 bridgehead atoms. The van der Waals surface area contributed by atoms with Gasteiger partial charge < -0.3 is 10.1 Å². The minimum atomic E-state index is -3.50. The third-order valence-electron chi connectivity index (χ3n) is 6.08. The highest BCUT2D eigenvalue weighted by atomic mass is 35.5. The van der Waals surface area contributed by atoms with Gasteiger partial charge in [-0.25, -0.2) is 8.42 Å². The number of sulfonamides is 1. The fourth-order valence-corrected chi connectivity index (χ4v) is 5.34. The molecule has 2 aromatic carbocycles. The second-order valence-electron chi connectivity index (χ2n) is 8.27. The van der Waals surface area contributed by atoms with Crippen LogP contribution < -0.4 is 14.4 Å². The predicted molar refractivity (Wildman–Crippen MR) is 129 cm³/mol. The van der Waals surface area contributed by atoms with Crippen molar-refractivity contribution >= 4 is 33.2 Å². The summed E-state index contributed by atoms with van der Waals surface area (Å²) in [5, 5.41) is 3.61. The second-order valence-corrected chi connectivity index (χ2v) is 10.6. The molecule has 1 atom stereocenters. The molecule has 0 saturated carbocycles. The Morgan fingerprint density at radius 1 is 1.19 bits per heavy atom. The predicted octanol–water partition coefficient (Wildman–Crippen LogP) is 5.09. The van der Waals surface area contributed by atoms with E-state index in [0.717, 1.165) is 30.4 Å². The summed E-state index contributed by atoms with van der Waals surface area (Å²) >= 11 is 6.02. The number of nitrogens with zero attached hydrogens (tertiary/aromatic N) is 1. The van der Waals surface area contributed by atoms with Crippen LogP contribution in [-0.4, -0.2) is 32.7 Å². The summed E-state index contributed by atoms with van der Waals surface area (Å²) < 4.78 is 32.1. The Labute approximate surface area is 196 Å². The highest BCUT2D eigenvalue weighted by Crippen LogP contribution is 2.42. The zero-order valence-electron chi connectivity index (χ0n) is 18.8. The first-order chi connectivity index (χ1) is 15.2. The van der Waals surface area contributed by atoms with Crippen molar-refractivity contribution in [2.24, 2.45) is 0 Å². The van der Waals surface area contributed by atoms with E-state index in [1.807, 2.05) is 24.3 Å². The van der Waals surface area contributed by atoms with Gasteiger partial charge in [0, 0.05) is 30.0 Å². The Morgan fingerprint density at radius 2 is 1.91 bits per heavy atom. The highest BCUT2D eigenvalue weighted by molar-refractivity contribution is 7.92. The Morgan fingerprint density at radius 3 is 2.56 bits per heavy atom. The summed E-state index contributed by atoms with van der Waals surface area (Å²) in [5.74, 6) is 0.712. The van der Waals surface area contributed by atoms with Gasteiger partial charge in [-0.2, -0.15) is 0 Å². The van der Waals surface area contributed by atoms with Crippen molar-refractivity contribution in [3.05, 3.63) is 59.1 Å². The Bertz CT molecular complexity index is 1050. The lowest BCUT2D eigenvalue weighted by Gasteiger charge is -2.41. The molecule has 1 N–H and O–H groups in total. The van der Waals surface area contributed by atoms with Crippen LogP contribution in [0.1, 0.15) is 57.6 Å². The molecule has 0 radical (unpaired) electrons. The summed E-state index contributed by atoms with van der Waals surface area (Å²) in [7, 11) is -3.50. The lowest BCUT2D eigenvalue weighted by atomic mass is 9.83. The summed E-state index contributed by atoms with van der Waals surface area (Å²) in [5.41, 5.74) is 1.18. The summed E-state index contributed by atoms with van der Waals surface area (Å²) in [6, 6.07) is 14.4. The van der Waals surface area contributed by atoms with Crippen LogP contribution in [-0.2, 0) is 14.8 Å². The second kappa shape index (κ2) is 10.1. The SMILES string of the molecule is CCC1(CC)CC(NC(=O)CCCN(c2cccc(Cl)c2)S(C)(=O)=O)c2ccccc2O1. The number of halogens is 1. The van der Waals surface area contributed by atoms with Gasteiger partial charge >= 0.3 is 0 Å². The molecule has 8 heteroatoms. The van der Waals surface area contributed by atoms with E-state index in [9.17, 15) is 13.2 Å². The van der Waals surface area contributed by atoms with E-state index in [-0.39, 0.29) is 30.5 Å². The van der Waals surface area contributed by atoms with Gasteiger partial charge in [-0.05, 0) is 43.5 Å². The summed E-state index contributed by atoms with van der Waals surface area (Å²) in [6.45, 7) is 4.41. The molecule has 0 aliphatic carbocycles. The van der Waals surface area contributed by atoms with Gasteiger partial charge in [0.15, 0.2) is 0 Å². The molecule has 0 spiro atoms. The molecule has 2 aromatic rings. The summed E-state index contributed by atoms with van der Waals surface area (Å²) in [4.78, 5) is 12.8. The van der Waals surface area contributed by atoms with Gasteiger partial charge in [-0.15, -0.1) is 0 Å². The van der Waals surface area contributed by atoms with Gasteiger partial charge in [0.25, 0.3) is 0 Å². The topological polar surface area (TPSA) is 75.7 Å². The first kappa shape index (κ1) is 24.4. The quantitative estimate of drug-likeness (QED) is 0.545. The van der Waals surface area contributed by atoms with Crippen LogP contribution in [0.5, 0.6) is 5.75 Å². The molecule has 32 heavy (non-hydrogen) atoms. The maximum atomic E-state index is 12.8. The van der Waals surface area contributed by atoms with E-state index in [0.29, 0.717) is 23.6 Å². The molecule has 6 nitrogen and oxygen atoms in total. The van der Waals surface area contributed by atoms with Gasteiger partial charge in [-0.1, -0.05) is 49.7 Å². The first-order valence-corrected chi connectivity index (χ1v) is 13.2. The number of nitrogens with one attached hydrogen (secondary N) is 1. The molecule has 174 valence electrons. The molecule has 0 fully saturated rings. The number of ether oxygens (including phenoxy) is 1. The minimum Gasteiger partial charge on any atom is -0.487 e. The molecular weight excluding hydrogens is 448 g/mol. The molecule has 0 aromatic heterocycles. The number of hydrogen-bond acceptors (Lipinski definition) is 4. The Hall–Kier alpha value is -2.25. The largest absolute Gasteiger partial charge is 0.487 e. The van der Waals surface area contributed by atoms with Crippen LogP contribution in [0, 0.1) is 0 Å². The third kappa shape index (κ3) is 5.75. The molecule has 1 aliphatic rings. The number of benzene rings is 2. The number of hydrogen-bond donors (Lipinski definition) is 1. The van der Waals surface area contributed by atoms with Gasteiger partial charge in [0.05, 0.1) is 18.0 Å². The highest BCUT2D eigenvalue weighted by Gasteiger charge is 2.38. The van der Waals surface area contributed by atoms with Crippen molar-refractivity contribution in [1.29, 1.82) is 0 Å². The van der Waals surface area contributed by atoms with Crippen LogP contribution in [0.25, 0.3) is 0 Å². The lowest BCUT2D eigenvalue weighted by Crippen LogP contribution is -2.44. The normalized spacial score (nSPS) is 17.2. The Balaban J connectivity index is 1.66. The molecule has 1 aliphatic heterocycles. The van der Waals surface area contributed by atoms with Crippen LogP contribution in [0.15, 0.2) is 48.5 Å². The number of fused-ring (bicyclic) bond motifs is 1. The lowest BCUT2D eigenvalue weighted by molar-refractivity contribution is -0.122. The molecule has 0 saturated heterocycles. The first-order valence-electron chi connectivity index (χ1n) is 11.0. The van der Waals surface area contributed by atoms with E-state index in [4.69, 9.17) is 16.3 Å². The van der Waals surface area contributed by atoms with Crippen molar-refractivity contribution in [3.8, 4) is 5.75 Å². The van der Waals surface area contributed by atoms with Crippen LogP contribution in [0.3, 0.4) is 0 Å². The molecular formula is C24H31ClN2O4S. The smallest absolute Gasteiger partial charge is 0.232 e. The van der Waals surface area contributed by atoms with Crippen molar-refractivity contribution in [2.75, 3.05) is 17.1 Å². The molecule has 3 rings (SSSR count). The van der Waals surface area contributed by atoms with E-state index in [2.05, 4.69) is 19.2 Å². The summed E-state index contributed by atoms with van der Waals surface area (Å²) in [6.07, 6.45) is 4.18. The number of carbonyl (C=O) groups excluding carboxylic acids is 1. The fourth-order valence-electron chi connectivity index (χ4n) is 4.20.